The third-order valence-corrected chi connectivity index (χ3v) is 3.41. The molecule has 0 atom stereocenters. The monoisotopic (exact) mass is 236 g/mol. The van der Waals surface area contributed by atoms with E-state index in [0.29, 0.717) is 5.69 Å². The van der Waals surface area contributed by atoms with Gasteiger partial charge in [0.2, 0.25) is 0 Å². The molecule has 0 bridgehead atoms. The van der Waals surface area contributed by atoms with Crippen LogP contribution in [0.4, 0.5) is 0 Å². The Hall–Kier alpha value is -1.29. The van der Waals surface area contributed by atoms with E-state index >= 15 is 0 Å². The smallest absolute Gasteiger partial charge is 0.267 e. The van der Waals surface area contributed by atoms with Gasteiger partial charge in [-0.05, 0) is 23.9 Å². The molecule has 2 N–H and O–H groups in total. The molecule has 0 saturated carbocycles. The van der Waals surface area contributed by atoms with Gasteiger partial charge >= 0.3 is 0 Å². The van der Waals surface area contributed by atoms with Gasteiger partial charge in [-0.1, -0.05) is 19.8 Å². The molecule has 86 valence electrons. The summed E-state index contributed by atoms with van der Waals surface area (Å²) in [4.78, 5) is 14.9. The fourth-order valence-corrected chi connectivity index (χ4v) is 2.43. The van der Waals surface area contributed by atoms with Crippen molar-refractivity contribution in [2.45, 2.75) is 26.2 Å². The summed E-state index contributed by atoms with van der Waals surface area (Å²) < 4.78 is 1.14. The van der Waals surface area contributed by atoms with Crippen LogP contribution in [0.3, 0.4) is 0 Å². The van der Waals surface area contributed by atoms with Gasteiger partial charge in [0, 0.05) is 6.54 Å². The first-order valence-electron chi connectivity index (χ1n) is 5.65. The van der Waals surface area contributed by atoms with Crippen molar-refractivity contribution >= 4 is 27.5 Å². The molecule has 0 unspecified atom stereocenters. The summed E-state index contributed by atoms with van der Waals surface area (Å²) in [6.07, 6.45) is 3.39. The van der Waals surface area contributed by atoms with E-state index in [2.05, 4.69) is 17.2 Å². The average molecular weight is 236 g/mol. The zero-order chi connectivity index (χ0) is 11.4. The number of H-pyrrole nitrogens is 1. The van der Waals surface area contributed by atoms with E-state index < -0.39 is 0 Å². The highest BCUT2D eigenvalue weighted by Gasteiger charge is 2.08. The van der Waals surface area contributed by atoms with Crippen molar-refractivity contribution < 1.29 is 4.79 Å². The van der Waals surface area contributed by atoms with Gasteiger partial charge in [-0.15, -0.1) is 11.3 Å². The maximum Gasteiger partial charge on any atom is 0.267 e. The molecule has 4 heteroatoms. The Balaban J connectivity index is 1.92. The molecule has 0 radical (unpaired) electrons. The van der Waals surface area contributed by atoms with Crippen molar-refractivity contribution in [3.63, 3.8) is 0 Å². The van der Waals surface area contributed by atoms with Crippen molar-refractivity contribution in [1.29, 1.82) is 0 Å². The number of carbonyl (C=O) groups excluding carboxylic acids is 1. The van der Waals surface area contributed by atoms with Crippen LogP contribution in [0.2, 0.25) is 0 Å². The van der Waals surface area contributed by atoms with Gasteiger partial charge in [-0.25, -0.2) is 0 Å². The minimum absolute atomic E-state index is 0.000460. The predicted octanol–water partition coefficient (Wildman–Crippen LogP) is 3.15. The van der Waals surface area contributed by atoms with Gasteiger partial charge in [0.15, 0.2) is 0 Å². The molecule has 2 heterocycles. The van der Waals surface area contributed by atoms with E-state index in [1.54, 1.807) is 11.3 Å². The lowest BCUT2D eigenvalue weighted by atomic mass is 10.2. The topological polar surface area (TPSA) is 44.9 Å². The van der Waals surface area contributed by atoms with Crippen LogP contribution in [0.15, 0.2) is 17.5 Å². The van der Waals surface area contributed by atoms with E-state index in [9.17, 15) is 4.79 Å². The first-order chi connectivity index (χ1) is 7.81. The fourth-order valence-electron chi connectivity index (χ4n) is 1.64. The largest absolute Gasteiger partial charge is 0.351 e. The maximum absolute atomic E-state index is 11.7. The van der Waals surface area contributed by atoms with E-state index in [-0.39, 0.29) is 5.91 Å². The molecular weight excluding hydrogens is 220 g/mol. The first kappa shape index (κ1) is 11.2. The molecular formula is C12H16N2OS. The second kappa shape index (κ2) is 5.16. The molecule has 0 saturated heterocycles. The van der Waals surface area contributed by atoms with E-state index in [1.165, 1.54) is 12.8 Å². The van der Waals surface area contributed by atoms with Crippen LogP contribution in [-0.2, 0) is 0 Å². The molecule has 0 fully saturated rings. The summed E-state index contributed by atoms with van der Waals surface area (Å²) in [7, 11) is 0. The number of rotatable bonds is 5. The lowest BCUT2D eigenvalue weighted by Crippen LogP contribution is -2.24. The average Bonchev–Trinajstić information content (AvgIpc) is 2.83. The number of aromatic nitrogens is 1. The molecule has 1 amide bonds. The standard InChI is InChI=1S/C12H16N2OS/c1-2-3-4-6-13-12(15)10-8-11-9(14-10)5-7-16-11/h5,7-8,14H,2-4,6H2,1H3,(H,13,15). The number of hydrogen-bond acceptors (Lipinski definition) is 2. The Bertz CT molecular complexity index is 444. The number of aromatic amines is 1. The predicted molar refractivity (Wildman–Crippen MR) is 68.0 cm³/mol. The van der Waals surface area contributed by atoms with Crippen LogP contribution >= 0.6 is 11.3 Å². The minimum atomic E-state index is -0.000460. The van der Waals surface area contributed by atoms with Crippen LogP contribution in [0, 0.1) is 0 Å². The summed E-state index contributed by atoms with van der Waals surface area (Å²) >= 11 is 1.65. The molecule has 0 aliphatic rings. The third-order valence-electron chi connectivity index (χ3n) is 2.55. The molecule has 2 aromatic heterocycles. The van der Waals surface area contributed by atoms with Crippen LogP contribution in [0.25, 0.3) is 10.2 Å². The van der Waals surface area contributed by atoms with Gasteiger partial charge in [0.1, 0.15) is 5.69 Å². The molecule has 3 nitrogen and oxygen atoms in total. The van der Waals surface area contributed by atoms with E-state index in [1.807, 2.05) is 17.5 Å². The van der Waals surface area contributed by atoms with Crippen molar-refractivity contribution in [3.8, 4) is 0 Å². The van der Waals surface area contributed by atoms with Gasteiger partial charge < -0.3 is 10.3 Å². The van der Waals surface area contributed by atoms with Crippen molar-refractivity contribution in [1.82, 2.24) is 10.3 Å². The zero-order valence-electron chi connectivity index (χ0n) is 9.38. The number of carbonyl (C=O) groups is 1. The van der Waals surface area contributed by atoms with Crippen molar-refractivity contribution in [3.05, 3.63) is 23.2 Å². The Labute approximate surface area is 98.9 Å². The quantitative estimate of drug-likeness (QED) is 0.770. The molecule has 0 aliphatic heterocycles. The number of hydrogen-bond donors (Lipinski definition) is 2. The summed E-state index contributed by atoms with van der Waals surface area (Å²) in [5.41, 5.74) is 1.71. The third kappa shape index (κ3) is 2.44. The SMILES string of the molecule is CCCCCNC(=O)c1cc2sccc2[nH]1. The highest BCUT2D eigenvalue weighted by Crippen LogP contribution is 2.21. The number of thiophene rings is 1. The molecule has 0 spiro atoms. The van der Waals surface area contributed by atoms with Crippen molar-refractivity contribution in [2.75, 3.05) is 6.54 Å². The highest BCUT2D eigenvalue weighted by molar-refractivity contribution is 7.17. The normalized spacial score (nSPS) is 10.8. The Kier molecular flexibility index (Phi) is 3.62. The molecule has 2 rings (SSSR count). The second-order valence-electron chi connectivity index (χ2n) is 3.84. The van der Waals surface area contributed by atoms with Crippen LogP contribution in [-0.4, -0.2) is 17.4 Å². The van der Waals surface area contributed by atoms with Crippen LogP contribution < -0.4 is 5.32 Å². The molecule has 0 aliphatic carbocycles. The zero-order valence-corrected chi connectivity index (χ0v) is 10.2. The van der Waals surface area contributed by atoms with Gasteiger partial charge in [-0.3, -0.25) is 4.79 Å². The Morgan fingerprint density at radius 3 is 3.12 bits per heavy atom. The maximum atomic E-state index is 11.7. The van der Waals surface area contributed by atoms with Gasteiger partial charge in [0.25, 0.3) is 5.91 Å². The van der Waals surface area contributed by atoms with E-state index in [0.717, 1.165) is 23.2 Å². The Morgan fingerprint density at radius 1 is 1.50 bits per heavy atom. The number of fused-ring (bicyclic) bond motifs is 1. The lowest BCUT2D eigenvalue weighted by Gasteiger charge is -2.02. The van der Waals surface area contributed by atoms with E-state index in [4.69, 9.17) is 0 Å². The molecule has 0 aromatic carbocycles. The number of nitrogens with one attached hydrogen (secondary N) is 2. The molecule has 16 heavy (non-hydrogen) atoms. The summed E-state index contributed by atoms with van der Waals surface area (Å²) in [6, 6.07) is 3.91. The second-order valence-corrected chi connectivity index (χ2v) is 4.79. The van der Waals surface area contributed by atoms with Crippen LogP contribution in [0.1, 0.15) is 36.7 Å². The van der Waals surface area contributed by atoms with Crippen LogP contribution in [0.5, 0.6) is 0 Å². The summed E-state index contributed by atoms with van der Waals surface area (Å²) in [5.74, 6) is -0.000460. The number of unbranched alkanes of at least 4 members (excludes halogenated alkanes) is 2. The molecule has 2 aromatic rings. The Morgan fingerprint density at radius 2 is 2.38 bits per heavy atom. The summed E-state index contributed by atoms with van der Waals surface area (Å²) in [5, 5.41) is 4.94. The number of amides is 1. The van der Waals surface area contributed by atoms with Gasteiger partial charge in [-0.2, -0.15) is 0 Å². The fraction of sp³-hybridized carbons (Fsp3) is 0.417. The lowest BCUT2D eigenvalue weighted by molar-refractivity contribution is 0.0949. The van der Waals surface area contributed by atoms with Gasteiger partial charge in [0.05, 0.1) is 10.2 Å². The highest BCUT2D eigenvalue weighted by atomic mass is 32.1. The first-order valence-corrected chi connectivity index (χ1v) is 6.53. The summed E-state index contributed by atoms with van der Waals surface area (Å²) in [6.45, 7) is 2.92. The van der Waals surface area contributed by atoms with Crippen molar-refractivity contribution in [2.24, 2.45) is 0 Å². The minimum Gasteiger partial charge on any atom is -0.351 e.